The summed E-state index contributed by atoms with van der Waals surface area (Å²) >= 11 is 1.58. The summed E-state index contributed by atoms with van der Waals surface area (Å²) in [5, 5.41) is 12.4. The number of hydrogen-bond donors (Lipinski definition) is 3. The lowest BCUT2D eigenvalue weighted by molar-refractivity contribution is -0.117. The van der Waals surface area contributed by atoms with E-state index in [9.17, 15) is 18.3 Å². The fourth-order valence-electron chi connectivity index (χ4n) is 2.45. The number of nitrogens with one attached hydrogen (secondary N) is 1. The summed E-state index contributed by atoms with van der Waals surface area (Å²) in [5.41, 5.74) is 5.85. The normalized spacial score (nSPS) is 16.2. The molecule has 0 bridgehead atoms. The highest BCUT2D eigenvalue weighted by molar-refractivity contribution is 7.98. The molecule has 1 saturated heterocycles. The first kappa shape index (κ1) is 22.0. The first-order valence-electron chi connectivity index (χ1n) is 7.75. The average Bonchev–Trinajstić information content (AvgIpc) is 3.09. The van der Waals surface area contributed by atoms with Crippen LogP contribution in [0, 0.1) is 0 Å². The number of phenolic OH excluding ortho intramolecular Hbond substituents is 1. The van der Waals surface area contributed by atoms with Crippen LogP contribution in [-0.2, 0) is 14.8 Å². The molecular formula is C15H24ClN3O4S2. The second-order valence-corrected chi connectivity index (χ2v) is 8.59. The molecule has 1 unspecified atom stereocenters. The van der Waals surface area contributed by atoms with E-state index in [0.717, 1.165) is 18.6 Å². The molecule has 7 nitrogen and oxygen atoms in total. The molecular weight excluding hydrogens is 386 g/mol. The van der Waals surface area contributed by atoms with Gasteiger partial charge < -0.3 is 16.2 Å². The van der Waals surface area contributed by atoms with E-state index in [1.807, 2.05) is 6.26 Å². The van der Waals surface area contributed by atoms with Crippen molar-refractivity contribution >= 4 is 45.8 Å². The van der Waals surface area contributed by atoms with E-state index in [-0.39, 0.29) is 28.7 Å². The highest BCUT2D eigenvalue weighted by atomic mass is 35.5. The smallest absolute Gasteiger partial charge is 0.243 e. The lowest BCUT2D eigenvalue weighted by Crippen LogP contribution is -2.36. The Hall–Kier alpha value is -1.00. The molecule has 1 fully saturated rings. The number of nitrogens with two attached hydrogens (primary N) is 1. The quantitative estimate of drug-likeness (QED) is 0.590. The topological polar surface area (TPSA) is 113 Å². The van der Waals surface area contributed by atoms with Crippen LogP contribution < -0.4 is 11.1 Å². The van der Waals surface area contributed by atoms with E-state index in [1.54, 1.807) is 11.8 Å². The average molecular weight is 410 g/mol. The van der Waals surface area contributed by atoms with Crippen molar-refractivity contribution in [1.29, 1.82) is 0 Å². The summed E-state index contributed by atoms with van der Waals surface area (Å²) in [6.45, 7) is 0.981. The highest BCUT2D eigenvalue weighted by Gasteiger charge is 2.28. The first-order valence-corrected chi connectivity index (χ1v) is 10.6. The van der Waals surface area contributed by atoms with Crippen molar-refractivity contribution in [2.75, 3.05) is 30.4 Å². The Labute approximate surface area is 158 Å². The number of aromatic hydroxyl groups is 1. The second kappa shape index (κ2) is 9.63. The molecule has 1 atom stereocenters. The van der Waals surface area contributed by atoms with Crippen LogP contribution in [0.4, 0.5) is 5.69 Å². The Morgan fingerprint density at radius 3 is 2.64 bits per heavy atom. The SMILES string of the molecule is CSCCC(N)C(=O)Nc1cc(S(=O)(=O)N2CCCC2)ccc1O.Cl. The van der Waals surface area contributed by atoms with E-state index in [0.29, 0.717) is 19.5 Å². The van der Waals surface area contributed by atoms with Crippen LogP contribution >= 0.6 is 24.2 Å². The molecule has 142 valence electrons. The van der Waals surface area contributed by atoms with Crippen LogP contribution in [-0.4, -0.2) is 54.9 Å². The maximum absolute atomic E-state index is 12.6. The largest absolute Gasteiger partial charge is 0.506 e. The van der Waals surface area contributed by atoms with Gasteiger partial charge in [0.25, 0.3) is 0 Å². The molecule has 0 aromatic heterocycles. The highest BCUT2D eigenvalue weighted by Crippen LogP contribution is 2.29. The number of nitrogens with zero attached hydrogens (tertiary/aromatic N) is 1. The van der Waals surface area contributed by atoms with E-state index in [1.165, 1.54) is 22.5 Å². The number of carbonyl (C=O) groups excluding carboxylic acids is 1. The third kappa shape index (κ3) is 5.49. The molecule has 1 aromatic carbocycles. The molecule has 1 heterocycles. The van der Waals surface area contributed by atoms with E-state index >= 15 is 0 Å². The number of hydrogen-bond acceptors (Lipinski definition) is 6. The molecule has 1 aromatic rings. The van der Waals surface area contributed by atoms with Crippen molar-refractivity contribution in [2.45, 2.75) is 30.2 Å². The van der Waals surface area contributed by atoms with Crippen LogP contribution in [0.2, 0.25) is 0 Å². The number of sulfonamides is 1. The van der Waals surface area contributed by atoms with Crippen LogP contribution in [0.5, 0.6) is 5.75 Å². The molecule has 0 saturated carbocycles. The standard InChI is InChI=1S/C15H23N3O4S2.ClH/c1-23-9-6-12(16)15(20)17-13-10-11(4-5-14(13)19)24(21,22)18-7-2-3-8-18;/h4-5,10,12,19H,2-3,6-9,16H2,1H3,(H,17,20);1H. The van der Waals surface area contributed by atoms with Crippen molar-refractivity contribution < 1.29 is 18.3 Å². The minimum absolute atomic E-state index is 0. The zero-order chi connectivity index (χ0) is 17.7. The van der Waals surface area contributed by atoms with Gasteiger partial charge in [0, 0.05) is 13.1 Å². The van der Waals surface area contributed by atoms with Crippen molar-refractivity contribution in [3.63, 3.8) is 0 Å². The molecule has 0 spiro atoms. The minimum Gasteiger partial charge on any atom is -0.506 e. The summed E-state index contributed by atoms with van der Waals surface area (Å²) in [5.74, 6) is 0.0973. The van der Waals surface area contributed by atoms with Gasteiger partial charge in [0.15, 0.2) is 0 Å². The maximum atomic E-state index is 12.6. The van der Waals surface area contributed by atoms with Gasteiger partial charge in [-0.25, -0.2) is 8.42 Å². The lowest BCUT2D eigenvalue weighted by atomic mass is 10.2. The van der Waals surface area contributed by atoms with Gasteiger partial charge in [-0.15, -0.1) is 12.4 Å². The number of halogens is 1. The molecule has 1 aliphatic heterocycles. The molecule has 1 aliphatic rings. The summed E-state index contributed by atoms with van der Waals surface area (Å²) in [6, 6.07) is 3.18. The molecule has 0 aliphatic carbocycles. The number of carbonyl (C=O) groups is 1. The van der Waals surface area contributed by atoms with E-state index < -0.39 is 22.0 Å². The molecule has 0 radical (unpaired) electrons. The lowest BCUT2D eigenvalue weighted by Gasteiger charge is -2.17. The van der Waals surface area contributed by atoms with Gasteiger partial charge in [-0.3, -0.25) is 4.79 Å². The molecule has 1 amide bonds. The van der Waals surface area contributed by atoms with Crippen LogP contribution in [0.1, 0.15) is 19.3 Å². The number of rotatable bonds is 7. The molecule has 25 heavy (non-hydrogen) atoms. The summed E-state index contributed by atoms with van der Waals surface area (Å²) in [6.07, 6.45) is 4.10. The van der Waals surface area contributed by atoms with Gasteiger partial charge in [0.05, 0.1) is 16.6 Å². The Kier molecular flexibility index (Phi) is 8.49. The van der Waals surface area contributed by atoms with E-state index in [4.69, 9.17) is 5.73 Å². The Morgan fingerprint density at radius 2 is 2.04 bits per heavy atom. The fraction of sp³-hybridized carbons (Fsp3) is 0.533. The molecule has 10 heteroatoms. The predicted octanol–water partition coefficient (Wildman–Crippen LogP) is 1.62. The van der Waals surface area contributed by atoms with Crippen LogP contribution in [0.15, 0.2) is 23.1 Å². The number of thioether (sulfide) groups is 1. The van der Waals surface area contributed by atoms with Gasteiger partial charge in [0.2, 0.25) is 15.9 Å². The van der Waals surface area contributed by atoms with Gasteiger partial charge in [-0.1, -0.05) is 0 Å². The zero-order valence-electron chi connectivity index (χ0n) is 14.0. The third-order valence-electron chi connectivity index (χ3n) is 3.90. The van der Waals surface area contributed by atoms with Crippen molar-refractivity contribution in [3.05, 3.63) is 18.2 Å². The minimum atomic E-state index is -3.61. The fourth-order valence-corrected chi connectivity index (χ4v) is 4.49. The van der Waals surface area contributed by atoms with Gasteiger partial charge in [-0.2, -0.15) is 16.1 Å². The Morgan fingerprint density at radius 1 is 1.40 bits per heavy atom. The number of amides is 1. The van der Waals surface area contributed by atoms with Crippen LogP contribution in [0.3, 0.4) is 0 Å². The van der Waals surface area contributed by atoms with Crippen molar-refractivity contribution in [3.8, 4) is 5.75 Å². The van der Waals surface area contributed by atoms with Crippen molar-refractivity contribution in [2.24, 2.45) is 5.73 Å². The maximum Gasteiger partial charge on any atom is 0.243 e. The first-order chi connectivity index (χ1) is 11.4. The Balaban J connectivity index is 0.00000312. The second-order valence-electron chi connectivity index (χ2n) is 5.67. The van der Waals surface area contributed by atoms with Gasteiger partial charge in [0.1, 0.15) is 5.75 Å². The Bertz CT molecular complexity index is 694. The summed E-state index contributed by atoms with van der Waals surface area (Å²) in [4.78, 5) is 12.1. The zero-order valence-corrected chi connectivity index (χ0v) is 16.4. The number of phenols is 1. The van der Waals surface area contributed by atoms with Crippen molar-refractivity contribution in [1.82, 2.24) is 4.31 Å². The third-order valence-corrected chi connectivity index (χ3v) is 6.44. The predicted molar refractivity (Wildman–Crippen MR) is 103 cm³/mol. The van der Waals surface area contributed by atoms with E-state index in [2.05, 4.69) is 5.32 Å². The molecule has 2 rings (SSSR count). The summed E-state index contributed by atoms with van der Waals surface area (Å²) in [7, 11) is -3.61. The monoisotopic (exact) mass is 409 g/mol. The molecule has 4 N–H and O–H groups in total. The van der Waals surface area contributed by atoms with Crippen LogP contribution in [0.25, 0.3) is 0 Å². The van der Waals surface area contributed by atoms with Gasteiger partial charge in [-0.05, 0) is 49.5 Å². The summed E-state index contributed by atoms with van der Waals surface area (Å²) < 4.78 is 26.5. The van der Waals surface area contributed by atoms with Gasteiger partial charge >= 0.3 is 0 Å². The number of anilines is 1. The number of benzene rings is 1.